The van der Waals surface area contributed by atoms with E-state index in [4.69, 9.17) is 10.5 Å². The molecule has 2 aromatic heterocycles. The number of para-hydroxylation sites is 1. The number of pyridine rings is 1. The van der Waals surface area contributed by atoms with E-state index in [0.717, 1.165) is 32.9 Å². The number of anilines is 2. The molecule has 1 amide bonds. The number of nitrogens with two attached hydrogens (primary N) is 1. The predicted octanol–water partition coefficient (Wildman–Crippen LogP) is 4.81. The van der Waals surface area contributed by atoms with E-state index in [1.807, 2.05) is 66.7 Å². The molecule has 0 bridgehead atoms. The number of carbonyl (C=O) groups is 1. The summed E-state index contributed by atoms with van der Waals surface area (Å²) < 4.78 is 5.19. The van der Waals surface area contributed by atoms with Crippen LogP contribution in [0.4, 0.5) is 11.4 Å². The molecule has 4 aromatic rings. The number of fused-ring (bicyclic) bond motifs is 1. The highest BCUT2D eigenvalue weighted by atomic mass is 32.1. The van der Waals surface area contributed by atoms with Crippen molar-refractivity contribution in [2.24, 2.45) is 0 Å². The quantitative estimate of drug-likeness (QED) is 0.537. The second-order valence-electron chi connectivity index (χ2n) is 5.94. The third-order valence-corrected chi connectivity index (χ3v) is 5.33. The van der Waals surface area contributed by atoms with Crippen LogP contribution in [0.2, 0.25) is 0 Å². The fourth-order valence-corrected chi connectivity index (χ4v) is 3.79. The van der Waals surface area contributed by atoms with Crippen LogP contribution in [-0.2, 0) is 0 Å². The maximum atomic E-state index is 12.6. The molecule has 134 valence electrons. The number of hydrogen-bond acceptors (Lipinski definition) is 5. The monoisotopic (exact) mass is 375 g/mol. The molecule has 0 aliphatic heterocycles. The van der Waals surface area contributed by atoms with Crippen molar-refractivity contribution in [2.75, 3.05) is 18.2 Å². The summed E-state index contributed by atoms with van der Waals surface area (Å²) in [4.78, 5) is 18.5. The van der Waals surface area contributed by atoms with Gasteiger partial charge in [0.05, 0.1) is 18.5 Å². The first-order valence-corrected chi connectivity index (χ1v) is 9.17. The fraction of sp³-hybridized carbons (Fsp3) is 0.0476. The van der Waals surface area contributed by atoms with E-state index in [1.165, 1.54) is 11.3 Å². The molecule has 0 saturated heterocycles. The molecule has 5 nitrogen and oxygen atoms in total. The number of ether oxygens (including phenoxy) is 1. The van der Waals surface area contributed by atoms with Crippen LogP contribution in [0.5, 0.6) is 5.75 Å². The van der Waals surface area contributed by atoms with Crippen LogP contribution < -0.4 is 15.8 Å². The lowest BCUT2D eigenvalue weighted by Crippen LogP contribution is -2.11. The van der Waals surface area contributed by atoms with Gasteiger partial charge in [-0.3, -0.25) is 4.79 Å². The Labute approximate surface area is 160 Å². The normalized spacial score (nSPS) is 10.7. The molecule has 0 radical (unpaired) electrons. The van der Waals surface area contributed by atoms with Gasteiger partial charge in [0.1, 0.15) is 15.5 Å². The largest absolute Gasteiger partial charge is 0.497 e. The Morgan fingerprint density at radius 1 is 1.04 bits per heavy atom. The van der Waals surface area contributed by atoms with Crippen LogP contribution in [-0.4, -0.2) is 18.0 Å². The van der Waals surface area contributed by atoms with Crippen molar-refractivity contribution in [3.63, 3.8) is 0 Å². The Balaban J connectivity index is 1.67. The zero-order valence-electron chi connectivity index (χ0n) is 14.6. The third-order valence-electron chi connectivity index (χ3n) is 4.22. The van der Waals surface area contributed by atoms with Gasteiger partial charge in [0.15, 0.2) is 0 Å². The van der Waals surface area contributed by atoms with Gasteiger partial charge in [-0.15, -0.1) is 11.3 Å². The second-order valence-corrected chi connectivity index (χ2v) is 6.94. The third kappa shape index (κ3) is 3.35. The first kappa shape index (κ1) is 17.1. The molecule has 0 fully saturated rings. The van der Waals surface area contributed by atoms with E-state index >= 15 is 0 Å². The van der Waals surface area contributed by atoms with E-state index in [9.17, 15) is 4.79 Å². The van der Waals surface area contributed by atoms with Crippen molar-refractivity contribution >= 4 is 38.8 Å². The Morgan fingerprint density at radius 3 is 2.48 bits per heavy atom. The van der Waals surface area contributed by atoms with Crippen molar-refractivity contribution in [3.8, 4) is 17.0 Å². The molecular weight excluding hydrogens is 358 g/mol. The Morgan fingerprint density at radius 2 is 1.78 bits per heavy atom. The first-order chi connectivity index (χ1) is 13.2. The Kier molecular flexibility index (Phi) is 4.48. The molecule has 3 N–H and O–H groups in total. The van der Waals surface area contributed by atoms with Crippen LogP contribution >= 0.6 is 11.3 Å². The number of hydrogen-bond donors (Lipinski definition) is 2. The number of benzene rings is 2. The molecule has 0 atom stereocenters. The molecule has 6 heteroatoms. The first-order valence-electron chi connectivity index (χ1n) is 8.35. The van der Waals surface area contributed by atoms with E-state index < -0.39 is 0 Å². The molecule has 2 heterocycles. The number of aromatic nitrogens is 1. The smallest absolute Gasteiger partial charge is 0.267 e. The zero-order chi connectivity index (χ0) is 18.8. The van der Waals surface area contributed by atoms with Crippen molar-refractivity contribution in [3.05, 3.63) is 71.6 Å². The molecular formula is C21H17N3O2S. The van der Waals surface area contributed by atoms with E-state index in [-0.39, 0.29) is 5.91 Å². The van der Waals surface area contributed by atoms with Gasteiger partial charge in [0.25, 0.3) is 5.91 Å². The average molecular weight is 375 g/mol. The molecule has 0 unspecified atom stereocenters. The summed E-state index contributed by atoms with van der Waals surface area (Å²) in [5, 5.41) is 3.66. The summed E-state index contributed by atoms with van der Waals surface area (Å²) in [6.07, 6.45) is 0. The van der Waals surface area contributed by atoms with Gasteiger partial charge in [-0.1, -0.05) is 18.2 Å². The Bertz CT molecular complexity index is 1110. The van der Waals surface area contributed by atoms with Crippen molar-refractivity contribution in [1.82, 2.24) is 4.98 Å². The second kappa shape index (κ2) is 7.09. The number of rotatable bonds is 4. The topological polar surface area (TPSA) is 77.2 Å². The number of carbonyl (C=O) groups excluding carboxylic acids is 1. The zero-order valence-corrected chi connectivity index (χ0v) is 15.4. The summed E-state index contributed by atoms with van der Waals surface area (Å²) >= 11 is 1.29. The summed E-state index contributed by atoms with van der Waals surface area (Å²) in [5.74, 6) is 0.563. The highest BCUT2D eigenvalue weighted by Crippen LogP contribution is 2.34. The number of nitrogens with zero attached hydrogens (tertiary/aromatic N) is 1. The molecule has 27 heavy (non-hydrogen) atoms. The van der Waals surface area contributed by atoms with Gasteiger partial charge in [-0.05, 0) is 48.5 Å². The minimum absolute atomic E-state index is 0.229. The number of thiophene rings is 1. The van der Waals surface area contributed by atoms with Gasteiger partial charge in [-0.25, -0.2) is 4.98 Å². The predicted molar refractivity (Wildman–Crippen MR) is 110 cm³/mol. The van der Waals surface area contributed by atoms with Crippen LogP contribution in [0.1, 0.15) is 9.67 Å². The van der Waals surface area contributed by atoms with Crippen LogP contribution in [0.3, 0.4) is 0 Å². The molecule has 0 aliphatic rings. The van der Waals surface area contributed by atoms with Crippen LogP contribution in [0, 0.1) is 0 Å². The lowest BCUT2D eigenvalue weighted by Gasteiger charge is -2.03. The summed E-state index contributed by atoms with van der Waals surface area (Å²) in [6, 6.07) is 20.8. The van der Waals surface area contributed by atoms with Gasteiger partial charge >= 0.3 is 0 Å². The number of nitrogens with one attached hydrogen (secondary N) is 1. The molecule has 4 rings (SSSR count). The highest BCUT2D eigenvalue weighted by molar-refractivity contribution is 7.21. The van der Waals surface area contributed by atoms with Gasteiger partial charge in [0.2, 0.25) is 0 Å². The number of nitrogen functional groups attached to an aromatic ring is 1. The van der Waals surface area contributed by atoms with Crippen molar-refractivity contribution < 1.29 is 9.53 Å². The average Bonchev–Trinajstić information content (AvgIpc) is 3.05. The van der Waals surface area contributed by atoms with E-state index in [1.54, 1.807) is 7.11 Å². The molecule has 0 saturated carbocycles. The highest BCUT2D eigenvalue weighted by Gasteiger charge is 2.18. The van der Waals surface area contributed by atoms with E-state index in [0.29, 0.717) is 10.6 Å². The SMILES string of the molecule is COc1ccc(-c2ccc3c(N)c(C(=O)Nc4ccccc4)sc3n2)cc1. The van der Waals surface area contributed by atoms with Crippen LogP contribution in [0.15, 0.2) is 66.7 Å². The van der Waals surface area contributed by atoms with Gasteiger partial charge in [0, 0.05) is 16.6 Å². The maximum absolute atomic E-state index is 12.6. The fourth-order valence-electron chi connectivity index (χ4n) is 2.80. The molecule has 0 spiro atoms. The van der Waals surface area contributed by atoms with Gasteiger partial charge < -0.3 is 15.8 Å². The lowest BCUT2D eigenvalue weighted by molar-refractivity contribution is 0.103. The summed E-state index contributed by atoms with van der Waals surface area (Å²) in [6.45, 7) is 0. The van der Waals surface area contributed by atoms with Crippen LogP contribution in [0.25, 0.3) is 21.5 Å². The lowest BCUT2D eigenvalue weighted by atomic mass is 10.1. The van der Waals surface area contributed by atoms with E-state index in [2.05, 4.69) is 10.3 Å². The number of methoxy groups -OCH3 is 1. The maximum Gasteiger partial charge on any atom is 0.267 e. The van der Waals surface area contributed by atoms with Crippen molar-refractivity contribution in [2.45, 2.75) is 0 Å². The minimum Gasteiger partial charge on any atom is -0.497 e. The van der Waals surface area contributed by atoms with Crippen molar-refractivity contribution in [1.29, 1.82) is 0 Å². The molecule has 2 aromatic carbocycles. The number of amides is 1. The standard InChI is InChI=1S/C21H17N3O2S/c1-26-15-9-7-13(8-10-15)17-12-11-16-18(22)19(27-21(16)24-17)20(25)23-14-5-3-2-4-6-14/h2-12H,22H2,1H3,(H,23,25). The Hall–Kier alpha value is -3.38. The van der Waals surface area contributed by atoms with Gasteiger partial charge in [-0.2, -0.15) is 0 Å². The summed E-state index contributed by atoms with van der Waals surface area (Å²) in [5.41, 5.74) is 9.19. The molecule has 0 aliphatic carbocycles. The minimum atomic E-state index is -0.229. The summed E-state index contributed by atoms with van der Waals surface area (Å²) in [7, 11) is 1.63.